The van der Waals surface area contributed by atoms with E-state index in [-0.39, 0.29) is 5.56 Å². The van der Waals surface area contributed by atoms with Crippen LogP contribution in [0.2, 0.25) is 0 Å². The van der Waals surface area contributed by atoms with E-state index >= 15 is 0 Å². The zero-order valence-corrected chi connectivity index (χ0v) is 13.5. The number of anilines is 1. The lowest BCUT2D eigenvalue weighted by molar-refractivity contribution is 0.801. The van der Waals surface area contributed by atoms with E-state index in [4.69, 9.17) is 0 Å². The Labute approximate surface area is 140 Å². The van der Waals surface area contributed by atoms with E-state index in [1.165, 1.54) is 4.68 Å². The Balaban J connectivity index is 1.84. The molecule has 3 aromatic rings. The second-order valence-corrected chi connectivity index (χ2v) is 5.37. The molecule has 23 heavy (non-hydrogen) atoms. The Morgan fingerprint density at radius 2 is 1.87 bits per heavy atom. The van der Waals surface area contributed by atoms with Gasteiger partial charge in [-0.2, -0.15) is 14.9 Å². The van der Waals surface area contributed by atoms with Crippen molar-refractivity contribution in [3.05, 3.63) is 81.4 Å². The van der Waals surface area contributed by atoms with Crippen LogP contribution in [-0.2, 0) is 0 Å². The Morgan fingerprint density at radius 3 is 2.61 bits per heavy atom. The fourth-order valence-corrected chi connectivity index (χ4v) is 2.25. The van der Waals surface area contributed by atoms with Gasteiger partial charge in [0, 0.05) is 12.4 Å². The Morgan fingerprint density at radius 1 is 1.13 bits per heavy atom. The van der Waals surface area contributed by atoms with Gasteiger partial charge >= 0.3 is 0 Å². The maximum atomic E-state index is 12.4. The number of pyridine rings is 1. The first kappa shape index (κ1) is 15.1. The van der Waals surface area contributed by atoms with Crippen LogP contribution >= 0.6 is 15.9 Å². The lowest BCUT2D eigenvalue weighted by atomic mass is 10.3. The zero-order valence-electron chi connectivity index (χ0n) is 11.9. The molecule has 0 radical (unpaired) electrons. The minimum Gasteiger partial charge on any atom is -0.275 e. The summed E-state index contributed by atoms with van der Waals surface area (Å²) in [6, 6.07) is 12.9. The van der Waals surface area contributed by atoms with Crippen LogP contribution in [0.15, 0.2) is 75.4 Å². The number of nitrogens with zero attached hydrogens (tertiary/aromatic N) is 4. The molecule has 6 nitrogen and oxygen atoms in total. The summed E-state index contributed by atoms with van der Waals surface area (Å²) in [5.41, 5.74) is 4.63. The number of halogens is 1. The molecule has 0 bridgehead atoms. The topological polar surface area (TPSA) is 72.2 Å². The molecule has 7 heteroatoms. The quantitative estimate of drug-likeness (QED) is 0.566. The highest BCUT2D eigenvalue weighted by molar-refractivity contribution is 9.10. The molecule has 3 rings (SSSR count). The van der Waals surface area contributed by atoms with Crippen LogP contribution in [0.5, 0.6) is 0 Å². The molecule has 0 aliphatic heterocycles. The van der Waals surface area contributed by atoms with Gasteiger partial charge in [-0.15, -0.1) is 0 Å². The van der Waals surface area contributed by atoms with Gasteiger partial charge in [-0.1, -0.05) is 18.2 Å². The minimum absolute atomic E-state index is 0.264. The van der Waals surface area contributed by atoms with Crippen LogP contribution in [0.4, 0.5) is 5.69 Å². The fraction of sp³-hybridized carbons (Fsp3) is 0. The Kier molecular flexibility index (Phi) is 4.58. The van der Waals surface area contributed by atoms with E-state index in [2.05, 4.69) is 36.5 Å². The van der Waals surface area contributed by atoms with Crippen molar-refractivity contribution in [3.63, 3.8) is 0 Å². The van der Waals surface area contributed by atoms with Crippen molar-refractivity contribution in [1.82, 2.24) is 14.8 Å². The maximum absolute atomic E-state index is 12.4. The first-order chi connectivity index (χ1) is 11.3. The predicted octanol–water partition coefficient (Wildman–Crippen LogP) is 2.84. The monoisotopic (exact) mass is 369 g/mol. The third kappa shape index (κ3) is 3.51. The van der Waals surface area contributed by atoms with Gasteiger partial charge in [0.05, 0.1) is 23.8 Å². The molecule has 0 atom stereocenters. The van der Waals surface area contributed by atoms with Crippen LogP contribution in [0.1, 0.15) is 5.56 Å². The normalized spacial score (nSPS) is 10.8. The van der Waals surface area contributed by atoms with E-state index in [9.17, 15) is 4.79 Å². The van der Waals surface area contributed by atoms with Crippen molar-refractivity contribution in [2.45, 2.75) is 0 Å². The SMILES string of the molecule is O=c1c(Br)c(N/N=C/c2ccncc2)cnn1-c1ccccc1. The summed E-state index contributed by atoms with van der Waals surface area (Å²) in [4.78, 5) is 16.3. The average Bonchev–Trinajstić information content (AvgIpc) is 2.60. The average molecular weight is 370 g/mol. The number of hydrogen-bond donors (Lipinski definition) is 1. The summed E-state index contributed by atoms with van der Waals surface area (Å²) in [6.45, 7) is 0. The molecule has 2 heterocycles. The van der Waals surface area contributed by atoms with Crippen molar-refractivity contribution in [1.29, 1.82) is 0 Å². The van der Waals surface area contributed by atoms with Gasteiger partial charge in [-0.3, -0.25) is 15.2 Å². The summed E-state index contributed by atoms with van der Waals surface area (Å²) in [5, 5.41) is 8.26. The molecule has 0 saturated heterocycles. The van der Waals surface area contributed by atoms with Crippen LogP contribution in [0, 0.1) is 0 Å². The lowest BCUT2D eigenvalue weighted by Crippen LogP contribution is -2.22. The molecule has 0 unspecified atom stereocenters. The molecule has 0 fully saturated rings. The van der Waals surface area contributed by atoms with Crippen molar-refractivity contribution in [3.8, 4) is 5.69 Å². The molecule has 0 aliphatic carbocycles. The standard InChI is InChI=1S/C16H12BrN5O/c17-15-14(21-19-10-12-6-8-18-9-7-12)11-20-22(16(15)23)13-4-2-1-3-5-13/h1-11,21H/b19-10+. The van der Waals surface area contributed by atoms with E-state index in [0.717, 1.165) is 5.56 Å². The van der Waals surface area contributed by atoms with Crippen LogP contribution in [-0.4, -0.2) is 21.0 Å². The smallest absolute Gasteiger partial charge is 0.275 e. The van der Waals surface area contributed by atoms with Gasteiger partial charge in [0.25, 0.3) is 5.56 Å². The first-order valence-corrected chi connectivity index (χ1v) is 7.57. The minimum atomic E-state index is -0.264. The summed E-state index contributed by atoms with van der Waals surface area (Å²) in [7, 11) is 0. The molecule has 114 valence electrons. The summed E-state index contributed by atoms with van der Waals surface area (Å²) in [5.74, 6) is 0. The van der Waals surface area contributed by atoms with Crippen LogP contribution in [0.25, 0.3) is 5.69 Å². The number of aromatic nitrogens is 3. The van der Waals surface area contributed by atoms with Crippen molar-refractivity contribution in [2.75, 3.05) is 5.43 Å². The summed E-state index contributed by atoms with van der Waals surface area (Å²) >= 11 is 3.30. The van der Waals surface area contributed by atoms with Crippen molar-refractivity contribution < 1.29 is 0 Å². The number of para-hydroxylation sites is 1. The maximum Gasteiger partial charge on any atom is 0.287 e. The molecule has 0 spiro atoms. The lowest BCUT2D eigenvalue weighted by Gasteiger charge is -2.07. The number of benzene rings is 1. The van der Waals surface area contributed by atoms with Gasteiger partial charge in [-0.05, 0) is 45.8 Å². The zero-order chi connectivity index (χ0) is 16.1. The fourth-order valence-electron chi connectivity index (χ4n) is 1.89. The number of hydrazone groups is 1. The predicted molar refractivity (Wildman–Crippen MR) is 93.0 cm³/mol. The second-order valence-electron chi connectivity index (χ2n) is 4.58. The highest BCUT2D eigenvalue weighted by Gasteiger charge is 2.09. The molecular formula is C16H12BrN5O. The number of hydrogen-bond acceptors (Lipinski definition) is 5. The van der Waals surface area contributed by atoms with Crippen LogP contribution < -0.4 is 11.0 Å². The highest BCUT2D eigenvalue weighted by Crippen LogP contribution is 2.17. The first-order valence-electron chi connectivity index (χ1n) is 6.78. The number of nitrogens with one attached hydrogen (secondary N) is 1. The van der Waals surface area contributed by atoms with Crippen LogP contribution in [0.3, 0.4) is 0 Å². The van der Waals surface area contributed by atoms with Gasteiger partial charge in [-0.25, -0.2) is 0 Å². The van der Waals surface area contributed by atoms with Gasteiger partial charge in [0.2, 0.25) is 0 Å². The van der Waals surface area contributed by atoms with E-state index in [1.807, 2.05) is 42.5 Å². The van der Waals surface area contributed by atoms with Crippen molar-refractivity contribution >= 4 is 27.8 Å². The van der Waals surface area contributed by atoms with E-state index < -0.39 is 0 Å². The molecule has 1 aromatic carbocycles. The number of rotatable bonds is 4. The molecule has 2 aromatic heterocycles. The highest BCUT2D eigenvalue weighted by atomic mass is 79.9. The Hall–Kier alpha value is -2.80. The largest absolute Gasteiger partial charge is 0.287 e. The van der Waals surface area contributed by atoms with Gasteiger partial charge in [0.15, 0.2) is 0 Å². The van der Waals surface area contributed by atoms with Gasteiger partial charge < -0.3 is 0 Å². The van der Waals surface area contributed by atoms with Crippen molar-refractivity contribution in [2.24, 2.45) is 5.10 Å². The molecule has 1 N–H and O–H groups in total. The molecule has 0 amide bonds. The molecule has 0 saturated carbocycles. The van der Waals surface area contributed by atoms with E-state index in [0.29, 0.717) is 15.8 Å². The third-order valence-corrected chi connectivity index (χ3v) is 3.79. The molecule has 0 aliphatic rings. The summed E-state index contributed by atoms with van der Waals surface area (Å²) < 4.78 is 1.69. The second kappa shape index (κ2) is 6.97. The Bertz CT molecular complexity index is 878. The third-order valence-electron chi connectivity index (χ3n) is 3.02. The van der Waals surface area contributed by atoms with Gasteiger partial charge in [0.1, 0.15) is 4.47 Å². The summed E-state index contributed by atoms with van der Waals surface area (Å²) in [6.07, 6.45) is 6.54. The molecular weight excluding hydrogens is 358 g/mol. The van der Waals surface area contributed by atoms with E-state index in [1.54, 1.807) is 24.8 Å².